The Morgan fingerprint density at radius 3 is 1.68 bits per heavy atom. The van der Waals surface area contributed by atoms with Gasteiger partial charge >= 0.3 is 29.8 Å². The van der Waals surface area contributed by atoms with Crippen LogP contribution in [0.1, 0.15) is 40.9 Å². The maximum absolute atomic E-state index is 12.9. The van der Waals surface area contributed by atoms with E-state index in [1.54, 1.807) is 13.8 Å². The molecule has 2 aliphatic carbocycles. The average molecular weight is 689 g/mol. The molecule has 2 aromatic carbocycles. The molecule has 47 heavy (non-hydrogen) atoms. The van der Waals surface area contributed by atoms with Gasteiger partial charge in [-0.3, -0.25) is 24.0 Å². The number of hydrogen-bond donors (Lipinski definition) is 6. The Labute approximate surface area is 275 Å². The number of carbonyl (C=O) groups is 6. The maximum Gasteiger partial charge on any atom is 0.336 e. The van der Waals surface area contributed by atoms with Crippen LogP contribution in [0.15, 0.2) is 52.6 Å². The van der Waals surface area contributed by atoms with Crippen molar-refractivity contribution in [2.45, 2.75) is 19.3 Å². The second-order valence-corrected chi connectivity index (χ2v) is 12.0. The molecule has 4 rings (SSSR count). The van der Waals surface area contributed by atoms with Crippen LogP contribution in [0.5, 0.6) is 5.75 Å². The summed E-state index contributed by atoms with van der Waals surface area (Å²) in [6.45, 7) is -0.435. The van der Waals surface area contributed by atoms with Crippen molar-refractivity contribution in [3.05, 3.63) is 79.9 Å². The maximum atomic E-state index is 12.9. The summed E-state index contributed by atoms with van der Waals surface area (Å²) in [6, 6.07) is 4.74. The second kappa shape index (κ2) is 12.8. The predicted octanol–water partition coefficient (Wildman–Crippen LogP) is 3.42. The third-order valence-electron chi connectivity index (χ3n) is 7.64. The van der Waals surface area contributed by atoms with Crippen molar-refractivity contribution in [3.63, 3.8) is 0 Å². The van der Waals surface area contributed by atoms with Crippen molar-refractivity contribution in [2.75, 3.05) is 36.0 Å². The van der Waals surface area contributed by atoms with E-state index >= 15 is 0 Å². The van der Waals surface area contributed by atoms with Crippen LogP contribution < -0.4 is 9.80 Å². The SMILES string of the molecule is CC1(C)C2=CC(=O)C(Cl)=CC2=C(c2cc(N(CC(=O)O)CC(=O)O)c(N(CC(=O)O)CC(=O)O)cc2C(=O)O)c2cc(Cl)c(O)cc21. The molecule has 0 atom stereocenters. The molecule has 6 N–H and O–H groups in total. The highest BCUT2D eigenvalue weighted by Gasteiger charge is 2.41. The number of anilines is 2. The number of fused-ring (bicyclic) bond motifs is 2. The first kappa shape index (κ1) is 34.5. The van der Waals surface area contributed by atoms with Gasteiger partial charge in [-0.2, -0.15) is 0 Å². The molecule has 14 nitrogen and oxygen atoms in total. The topological polar surface area (TPSA) is 230 Å². The Kier molecular flexibility index (Phi) is 9.41. The third-order valence-corrected chi connectivity index (χ3v) is 8.24. The number of carbonyl (C=O) groups excluding carboxylic acids is 1. The highest BCUT2D eigenvalue weighted by molar-refractivity contribution is 6.45. The van der Waals surface area contributed by atoms with Gasteiger partial charge in [0.05, 0.1) is 27.0 Å². The van der Waals surface area contributed by atoms with Crippen LogP contribution in [0, 0.1) is 0 Å². The zero-order valence-electron chi connectivity index (χ0n) is 24.6. The minimum atomic E-state index is -1.58. The Balaban J connectivity index is 2.24. The van der Waals surface area contributed by atoms with Gasteiger partial charge in [-0.15, -0.1) is 0 Å². The summed E-state index contributed by atoms with van der Waals surface area (Å²) >= 11 is 12.6. The summed E-state index contributed by atoms with van der Waals surface area (Å²) in [5.74, 6) is -8.53. The van der Waals surface area contributed by atoms with E-state index in [4.69, 9.17) is 23.2 Å². The number of phenols is 1. The number of rotatable bonds is 12. The number of allylic oxidation sites excluding steroid dienone is 5. The van der Waals surface area contributed by atoms with E-state index in [1.165, 1.54) is 24.3 Å². The fourth-order valence-corrected chi connectivity index (χ4v) is 6.04. The van der Waals surface area contributed by atoms with Crippen molar-refractivity contribution in [3.8, 4) is 5.75 Å². The van der Waals surface area contributed by atoms with Crippen LogP contribution in [-0.2, 0) is 29.4 Å². The van der Waals surface area contributed by atoms with E-state index in [1.807, 2.05) is 0 Å². The minimum absolute atomic E-state index is 0.0944. The number of halogens is 2. The van der Waals surface area contributed by atoms with Crippen molar-refractivity contribution in [1.29, 1.82) is 0 Å². The fourth-order valence-electron chi connectivity index (χ4n) is 5.72. The first-order valence-corrected chi connectivity index (χ1v) is 14.3. The summed E-state index contributed by atoms with van der Waals surface area (Å²) in [4.78, 5) is 74.5. The number of nitrogens with zero attached hydrogens (tertiary/aromatic N) is 2. The van der Waals surface area contributed by atoms with Crippen LogP contribution in [0.2, 0.25) is 5.02 Å². The number of aromatic hydroxyl groups is 1. The molecule has 0 aromatic heterocycles. The molecular formula is C31H26Cl2N2O12. The molecule has 0 saturated heterocycles. The van der Waals surface area contributed by atoms with E-state index in [0.717, 1.165) is 21.9 Å². The molecule has 0 amide bonds. The zero-order valence-corrected chi connectivity index (χ0v) is 26.1. The molecule has 16 heteroatoms. The van der Waals surface area contributed by atoms with Gasteiger partial charge in [0.25, 0.3) is 0 Å². The largest absolute Gasteiger partial charge is 0.506 e. The van der Waals surface area contributed by atoms with Crippen molar-refractivity contribution in [2.24, 2.45) is 0 Å². The van der Waals surface area contributed by atoms with Gasteiger partial charge in [0, 0.05) is 5.41 Å². The number of ketones is 1. The van der Waals surface area contributed by atoms with Crippen LogP contribution >= 0.6 is 23.2 Å². The lowest BCUT2D eigenvalue weighted by Crippen LogP contribution is -2.39. The fraction of sp³-hybridized carbons (Fsp3) is 0.226. The molecule has 246 valence electrons. The molecule has 2 aliphatic rings. The monoisotopic (exact) mass is 688 g/mol. The molecule has 0 saturated carbocycles. The zero-order chi connectivity index (χ0) is 35.1. The number of carboxylic acids is 5. The lowest BCUT2D eigenvalue weighted by molar-refractivity contribution is -0.138. The third kappa shape index (κ3) is 6.78. The molecule has 0 unspecified atom stereocenters. The van der Waals surface area contributed by atoms with Gasteiger partial charge in [-0.05, 0) is 69.8 Å². The van der Waals surface area contributed by atoms with Gasteiger partial charge in [-0.25, -0.2) is 4.79 Å². The van der Waals surface area contributed by atoms with Gasteiger partial charge in [0.15, 0.2) is 5.78 Å². The normalized spacial score (nSPS) is 14.8. The number of hydrogen-bond acceptors (Lipinski definition) is 9. The smallest absolute Gasteiger partial charge is 0.336 e. The Morgan fingerprint density at radius 2 is 1.21 bits per heavy atom. The number of benzene rings is 2. The van der Waals surface area contributed by atoms with Crippen molar-refractivity contribution < 1.29 is 59.4 Å². The van der Waals surface area contributed by atoms with Crippen LogP contribution in [-0.4, -0.2) is 92.4 Å². The summed E-state index contributed by atoms with van der Waals surface area (Å²) in [5, 5.41) is 59.1. The summed E-state index contributed by atoms with van der Waals surface area (Å²) in [5.41, 5.74) is -1.03. The Morgan fingerprint density at radius 1 is 0.723 bits per heavy atom. The average Bonchev–Trinajstić information content (AvgIpc) is 2.93. The Hall–Kier alpha value is -5.34. The van der Waals surface area contributed by atoms with E-state index in [0.29, 0.717) is 11.1 Å². The lowest BCUT2D eigenvalue weighted by Gasteiger charge is -2.40. The summed E-state index contributed by atoms with van der Waals surface area (Å²) < 4.78 is 0. The first-order chi connectivity index (χ1) is 21.8. The Bertz CT molecular complexity index is 1840. The van der Waals surface area contributed by atoms with Crippen LogP contribution in [0.3, 0.4) is 0 Å². The standard InChI is InChI=1S/C31H26Cl2N2O12/c1-31(2)17-7-23(36)19(32)3-15(17)29(16-4-20(33)24(37)8-18(16)31)13-5-21(34(9-25(38)39)10-26(40)41)22(6-14(13)30(46)47)35(11-27(42)43)12-28(44)45/h3-8,36H,9-12H2,1-2H3,(H,38,39)(H,40,41)(H,42,43)(H,44,45)(H,46,47). The van der Waals surface area contributed by atoms with Crippen LogP contribution in [0.25, 0.3) is 5.57 Å². The van der Waals surface area contributed by atoms with Crippen LogP contribution in [0.4, 0.5) is 11.4 Å². The molecule has 0 heterocycles. The quantitative estimate of drug-likeness (QED) is 0.188. The summed E-state index contributed by atoms with van der Waals surface area (Å²) in [6.07, 6.45) is 2.57. The minimum Gasteiger partial charge on any atom is -0.506 e. The molecule has 0 radical (unpaired) electrons. The highest BCUT2D eigenvalue weighted by atomic mass is 35.5. The first-order valence-electron chi connectivity index (χ1n) is 13.5. The molecule has 0 spiro atoms. The number of aliphatic carboxylic acids is 4. The predicted molar refractivity (Wildman–Crippen MR) is 168 cm³/mol. The second-order valence-electron chi connectivity index (χ2n) is 11.2. The van der Waals surface area contributed by atoms with E-state index in [-0.39, 0.29) is 43.8 Å². The number of aromatic carboxylic acids is 1. The van der Waals surface area contributed by atoms with Gasteiger partial charge < -0.3 is 40.4 Å². The number of phenolic OH excluding ortho intramolecular Hbond substituents is 1. The molecule has 2 aromatic rings. The van der Waals surface area contributed by atoms with E-state index in [2.05, 4.69) is 0 Å². The molecule has 0 bridgehead atoms. The van der Waals surface area contributed by atoms with Gasteiger partial charge in [-0.1, -0.05) is 37.0 Å². The molecular weight excluding hydrogens is 663 g/mol. The van der Waals surface area contributed by atoms with Crippen molar-refractivity contribution >= 4 is 75.8 Å². The summed E-state index contributed by atoms with van der Waals surface area (Å²) in [7, 11) is 0. The molecule has 0 fully saturated rings. The van der Waals surface area contributed by atoms with E-state index < -0.39 is 78.5 Å². The molecule has 0 aliphatic heterocycles. The number of carboxylic acid groups (broad SMARTS) is 5. The lowest BCUT2D eigenvalue weighted by atomic mass is 9.64. The van der Waals surface area contributed by atoms with Gasteiger partial charge in [0.2, 0.25) is 0 Å². The van der Waals surface area contributed by atoms with E-state index in [9.17, 15) is 59.4 Å². The van der Waals surface area contributed by atoms with Gasteiger partial charge in [0.1, 0.15) is 31.9 Å². The highest BCUT2D eigenvalue weighted by Crippen LogP contribution is 2.53. The van der Waals surface area contributed by atoms with Crippen molar-refractivity contribution in [1.82, 2.24) is 0 Å².